The minimum atomic E-state index is -1.70. The summed E-state index contributed by atoms with van der Waals surface area (Å²) in [6, 6.07) is 3.31. The van der Waals surface area contributed by atoms with E-state index in [0.717, 1.165) is 12.1 Å². The highest BCUT2D eigenvalue weighted by Gasteiger charge is 2.35. The molecule has 0 aliphatic rings. The minimum Gasteiger partial charge on any atom is -0.502 e. The molecule has 1 unspecified atom stereocenters. The van der Waals surface area contributed by atoms with Gasteiger partial charge in [-0.3, -0.25) is 10.1 Å². The molecular formula is C10H12N2O5. The summed E-state index contributed by atoms with van der Waals surface area (Å²) < 4.78 is 0. The van der Waals surface area contributed by atoms with E-state index >= 15 is 0 Å². The lowest BCUT2D eigenvalue weighted by atomic mass is 9.88. The van der Waals surface area contributed by atoms with E-state index in [2.05, 4.69) is 0 Å². The van der Waals surface area contributed by atoms with E-state index in [1.165, 1.54) is 6.07 Å². The molecule has 0 saturated heterocycles. The summed E-state index contributed by atoms with van der Waals surface area (Å²) in [4.78, 5) is 20.9. The molecule has 7 nitrogen and oxygen atoms in total. The van der Waals surface area contributed by atoms with Crippen molar-refractivity contribution in [2.75, 3.05) is 0 Å². The molecule has 0 fully saturated rings. The molecule has 0 saturated carbocycles. The lowest BCUT2D eigenvalue weighted by molar-refractivity contribution is -0.386. The van der Waals surface area contributed by atoms with Gasteiger partial charge in [0.2, 0.25) is 0 Å². The fourth-order valence-corrected chi connectivity index (χ4v) is 1.43. The minimum absolute atomic E-state index is 0.0737. The Morgan fingerprint density at radius 2 is 2.18 bits per heavy atom. The zero-order valence-electron chi connectivity index (χ0n) is 9.08. The average molecular weight is 240 g/mol. The number of phenolic OH excluding ortho intramolecular Hbond substituents is 1. The van der Waals surface area contributed by atoms with Crippen molar-refractivity contribution in [3.63, 3.8) is 0 Å². The van der Waals surface area contributed by atoms with Gasteiger partial charge in [0.25, 0.3) is 0 Å². The first-order valence-corrected chi connectivity index (χ1v) is 4.83. The van der Waals surface area contributed by atoms with Crippen LogP contribution in [0.3, 0.4) is 0 Å². The fourth-order valence-electron chi connectivity index (χ4n) is 1.43. The summed E-state index contributed by atoms with van der Waals surface area (Å²) in [5.41, 5.74) is 3.50. The average Bonchev–Trinajstić information content (AvgIpc) is 2.27. The second-order valence-corrected chi connectivity index (χ2v) is 3.59. The number of hydrogen-bond donors (Lipinski definition) is 3. The Kier molecular flexibility index (Phi) is 3.33. The van der Waals surface area contributed by atoms with E-state index in [-0.39, 0.29) is 12.0 Å². The van der Waals surface area contributed by atoms with E-state index < -0.39 is 27.9 Å². The molecule has 4 N–H and O–H groups in total. The van der Waals surface area contributed by atoms with Gasteiger partial charge in [-0.05, 0) is 18.1 Å². The molecule has 1 atom stereocenters. The first kappa shape index (κ1) is 12.9. The largest absolute Gasteiger partial charge is 0.502 e. The van der Waals surface area contributed by atoms with E-state index in [1.54, 1.807) is 6.92 Å². The topological polar surface area (TPSA) is 127 Å². The first-order chi connectivity index (χ1) is 7.82. The van der Waals surface area contributed by atoms with Crippen molar-refractivity contribution in [2.24, 2.45) is 5.73 Å². The molecule has 0 aliphatic carbocycles. The van der Waals surface area contributed by atoms with Gasteiger partial charge in [-0.25, -0.2) is 4.79 Å². The molecular weight excluding hydrogens is 228 g/mol. The number of nitrogens with two attached hydrogens (primary N) is 1. The lowest BCUT2D eigenvalue weighted by Gasteiger charge is -2.23. The highest BCUT2D eigenvalue weighted by atomic mass is 16.6. The Bertz CT molecular complexity index is 474. The van der Waals surface area contributed by atoms with Gasteiger partial charge >= 0.3 is 11.7 Å². The van der Waals surface area contributed by atoms with E-state index in [4.69, 9.17) is 10.8 Å². The number of nitrogens with zero attached hydrogens (tertiary/aromatic N) is 1. The van der Waals surface area contributed by atoms with Crippen LogP contribution in [0.15, 0.2) is 18.2 Å². The molecule has 0 aliphatic heterocycles. The third-order valence-electron chi connectivity index (χ3n) is 2.63. The van der Waals surface area contributed by atoms with Crippen molar-refractivity contribution >= 4 is 11.7 Å². The monoisotopic (exact) mass is 240 g/mol. The smallest absolute Gasteiger partial charge is 0.328 e. The van der Waals surface area contributed by atoms with Crippen LogP contribution < -0.4 is 5.73 Å². The second-order valence-electron chi connectivity index (χ2n) is 3.59. The van der Waals surface area contributed by atoms with Gasteiger partial charge in [0.05, 0.1) is 4.92 Å². The maximum absolute atomic E-state index is 11.1. The molecule has 92 valence electrons. The third-order valence-corrected chi connectivity index (χ3v) is 2.63. The summed E-state index contributed by atoms with van der Waals surface area (Å²) in [5, 5.41) is 28.9. The lowest BCUT2D eigenvalue weighted by Crippen LogP contribution is -2.44. The molecule has 17 heavy (non-hydrogen) atoms. The number of carboxylic acid groups (broad SMARTS) is 1. The van der Waals surface area contributed by atoms with Crippen LogP contribution >= 0.6 is 0 Å². The molecule has 0 spiro atoms. The number of aromatic hydroxyl groups is 1. The van der Waals surface area contributed by atoms with E-state index in [9.17, 15) is 20.0 Å². The maximum Gasteiger partial charge on any atom is 0.328 e. The van der Waals surface area contributed by atoms with E-state index in [0.29, 0.717) is 0 Å². The van der Waals surface area contributed by atoms with Gasteiger partial charge < -0.3 is 15.9 Å². The van der Waals surface area contributed by atoms with Crippen molar-refractivity contribution < 1.29 is 19.9 Å². The summed E-state index contributed by atoms with van der Waals surface area (Å²) >= 11 is 0. The number of benzene rings is 1. The number of rotatable bonds is 4. The summed E-state index contributed by atoms with van der Waals surface area (Å²) in [7, 11) is 0. The number of carbonyl (C=O) groups is 1. The number of hydrogen-bond acceptors (Lipinski definition) is 5. The number of nitro groups is 1. The summed E-state index contributed by atoms with van der Waals surface area (Å²) in [6.07, 6.45) is 0.0737. The number of phenols is 1. The molecule has 0 amide bonds. The molecule has 7 heteroatoms. The van der Waals surface area contributed by atoms with Crippen molar-refractivity contribution in [3.8, 4) is 5.75 Å². The molecule has 1 rings (SSSR count). The Morgan fingerprint density at radius 1 is 1.59 bits per heavy atom. The summed E-state index contributed by atoms with van der Waals surface area (Å²) in [6.45, 7) is 1.56. The molecule has 1 aromatic rings. The molecule has 0 bridgehead atoms. The Balaban J connectivity index is 3.37. The van der Waals surface area contributed by atoms with Gasteiger partial charge in [0, 0.05) is 6.07 Å². The predicted octanol–water partition coefficient (Wildman–Crippen LogP) is 0.949. The Hall–Kier alpha value is -2.15. The SMILES string of the molecule is CCC(N)(C(=O)O)c1ccc(O)c([N+](=O)[O-])c1. The van der Waals surface area contributed by atoms with Crippen molar-refractivity contribution in [1.82, 2.24) is 0 Å². The van der Waals surface area contributed by atoms with Crippen LogP contribution in [0.2, 0.25) is 0 Å². The van der Waals surface area contributed by atoms with Gasteiger partial charge in [-0.2, -0.15) is 0 Å². The number of carboxylic acids is 1. The fraction of sp³-hybridized carbons (Fsp3) is 0.300. The highest BCUT2D eigenvalue weighted by Crippen LogP contribution is 2.31. The van der Waals surface area contributed by atoms with Crippen LogP contribution in [-0.2, 0) is 10.3 Å². The van der Waals surface area contributed by atoms with E-state index in [1.807, 2.05) is 0 Å². The standard InChI is InChI=1S/C10H12N2O5/c1-2-10(11,9(14)15)6-3-4-8(13)7(5-6)12(16)17/h3-5,13H,2,11H2,1H3,(H,14,15). The first-order valence-electron chi connectivity index (χ1n) is 4.83. The molecule has 0 aromatic heterocycles. The molecule has 0 heterocycles. The normalized spacial score (nSPS) is 14.0. The number of nitro benzene ring substituents is 1. The zero-order valence-corrected chi connectivity index (χ0v) is 9.08. The maximum atomic E-state index is 11.1. The molecule has 0 radical (unpaired) electrons. The van der Waals surface area contributed by atoms with Gasteiger partial charge in [-0.15, -0.1) is 0 Å². The van der Waals surface area contributed by atoms with Gasteiger partial charge in [0.15, 0.2) is 5.75 Å². The van der Waals surface area contributed by atoms with Crippen molar-refractivity contribution in [2.45, 2.75) is 18.9 Å². The summed E-state index contributed by atoms with van der Waals surface area (Å²) in [5.74, 6) is -1.80. The zero-order chi connectivity index (χ0) is 13.2. The van der Waals surface area contributed by atoms with Crippen molar-refractivity contribution in [1.29, 1.82) is 0 Å². The Morgan fingerprint density at radius 3 is 2.59 bits per heavy atom. The van der Waals surface area contributed by atoms with Crippen LogP contribution in [0.1, 0.15) is 18.9 Å². The quantitative estimate of drug-likeness (QED) is 0.531. The predicted molar refractivity (Wildman–Crippen MR) is 58.6 cm³/mol. The Labute approximate surface area is 96.6 Å². The number of aliphatic carboxylic acids is 1. The highest BCUT2D eigenvalue weighted by molar-refractivity contribution is 5.81. The van der Waals surface area contributed by atoms with Gasteiger partial charge in [-0.1, -0.05) is 13.0 Å². The second kappa shape index (κ2) is 4.38. The van der Waals surface area contributed by atoms with Crippen LogP contribution in [0, 0.1) is 10.1 Å². The van der Waals surface area contributed by atoms with Gasteiger partial charge in [0.1, 0.15) is 5.54 Å². The third kappa shape index (κ3) is 2.18. The van der Waals surface area contributed by atoms with Crippen LogP contribution in [0.4, 0.5) is 5.69 Å². The van der Waals surface area contributed by atoms with Crippen molar-refractivity contribution in [3.05, 3.63) is 33.9 Å². The van der Waals surface area contributed by atoms with Crippen LogP contribution in [0.25, 0.3) is 0 Å². The molecule has 1 aromatic carbocycles. The van der Waals surface area contributed by atoms with Crippen LogP contribution in [0.5, 0.6) is 5.75 Å². The van der Waals surface area contributed by atoms with Crippen LogP contribution in [-0.4, -0.2) is 21.1 Å².